The highest BCUT2D eigenvalue weighted by Crippen LogP contribution is 2.39. The number of carbonyl (C=O) groups is 1. The van der Waals surface area contributed by atoms with Crippen LogP contribution in [0.15, 0.2) is 43.0 Å². The molecule has 0 aliphatic carbocycles. The highest BCUT2D eigenvalue weighted by molar-refractivity contribution is 6.00. The first-order chi connectivity index (χ1) is 9.21. The summed E-state index contributed by atoms with van der Waals surface area (Å²) in [4.78, 5) is 11.4. The first kappa shape index (κ1) is 13.0. The Bertz CT molecular complexity index is 635. The number of esters is 1. The third-order valence-electron chi connectivity index (χ3n) is 2.82. The molecule has 0 aliphatic rings. The lowest BCUT2D eigenvalue weighted by molar-refractivity contribution is -0.128. The van der Waals surface area contributed by atoms with Gasteiger partial charge in [0.2, 0.25) is 0 Å². The van der Waals surface area contributed by atoms with E-state index in [1.54, 1.807) is 20.2 Å². The Balaban J connectivity index is 2.72. The Morgan fingerprint density at radius 2 is 2.00 bits per heavy atom. The lowest BCUT2D eigenvalue weighted by Crippen LogP contribution is -2.06. The molecule has 0 atom stereocenters. The molecule has 1 N–H and O–H groups in total. The highest BCUT2D eigenvalue weighted by atomic mass is 16.5. The summed E-state index contributed by atoms with van der Waals surface area (Å²) >= 11 is 0. The Morgan fingerprint density at radius 3 is 2.58 bits per heavy atom. The van der Waals surface area contributed by atoms with Crippen molar-refractivity contribution in [1.29, 1.82) is 0 Å². The summed E-state index contributed by atoms with van der Waals surface area (Å²) in [5.41, 5.74) is 0.686. The molecule has 2 aromatic carbocycles. The molecule has 0 bridgehead atoms. The SMILES string of the molecule is C=CC(=O)Oc1c(NC)cc(OC)c2ccccc12. The van der Waals surface area contributed by atoms with Crippen LogP contribution in [-0.2, 0) is 4.79 Å². The van der Waals surface area contributed by atoms with Gasteiger partial charge in [-0.05, 0) is 0 Å². The van der Waals surface area contributed by atoms with E-state index in [9.17, 15) is 4.79 Å². The lowest BCUT2D eigenvalue weighted by Gasteiger charge is -2.14. The van der Waals surface area contributed by atoms with Gasteiger partial charge in [-0.2, -0.15) is 0 Å². The number of hydrogen-bond donors (Lipinski definition) is 1. The van der Waals surface area contributed by atoms with Crippen molar-refractivity contribution in [3.05, 3.63) is 43.0 Å². The first-order valence-corrected chi connectivity index (χ1v) is 5.83. The Hall–Kier alpha value is -2.49. The van der Waals surface area contributed by atoms with E-state index in [0.29, 0.717) is 11.4 Å². The molecule has 0 fully saturated rings. The maximum atomic E-state index is 11.4. The third kappa shape index (κ3) is 2.38. The molecule has 0 radical (unpaired) electrons. The number of rotatable bonds is 4. The van der Waals surface area contributed by atoms with Gasteiger partial charge in [0, 0.05) is 30.0 Å². The molecule has 0 spiro atoms. The van der Waals surface area contributed by atoms with E-state index >= 15 is 0 Å². The third-order valence-corrected chi connectivity index (χ3v) is 2.82. The van der Waals surface area contributed by atoms with Crippen LogP contribution >= 0.6 is 0 Å². The zero-order valence-electron chi connectivity index (χ0n) is 10.9. The van der Waals surface area contributed by atoms with Crippen molar-refractivity contribution in [1.82, 2.24) is 0 Å². The molecule has 4 heteroatoms. The van der Waals surface area contributed by atoms with Gasteiger partial charge in [0.15, 0.2) is 5.75 Å². The molecule has 2 rings (SSSR count). The second-order valence-corrected chi connectivity index (χ2v) is 3.88. The van der Waals surface area contributed by atoms with Gasteiger partial charge in [-0.15, -0.1) is 0 Å². The quantitative estimate of drug-likeness (QED) is 0.519. The van der Waals surface area contributed by atoms with Crippen LogP contribution in [0.5, 0.6) is 11.5 Å². The molecular weight excluding hydrogens is 242 g/mol. The topological polar surface area (TPSA) is 47.6 Å². The zero-order chi connectivity index (χ0) is 13.8. The standard InChI is InChI=1S/C15H15NO3/c1-4-14(17)19-15-11-8-6-5-7-10(11)13(18-3)9-12(15)16-2/h4-9,16H,1H2,2-3H3. The smallest absolute Gasteiger partial charge is 0.335 e. The Kier molecular flexibility index (Phi) is 3.71. The number of nitrogens with one attached hydrogen (secondary N) is 1. The van der Waals surface area contributed by atoms with E-state index < -0.39 is 5.97 Å². The average molecular weight is 257 g/mol. The molecule has 0 aliphatic heterocycles. The van der Waals surface area contributed by atoms with Gasteiger partial charge in [0.1, 0.15) is 5.75 Å². The molecule has 0 unspecified atom stereocenters. The van der Waals surface area contributed by atoms with E-state index in [0.717, 1.165) is 22.6 Å². The summed E-state index contributed by atoms with van der Waals surface area (Å²) < 4.78 is 10.7. The van der Waals surface area contributed by atoms with Gasteiger partial charge in [-0.25, -0.2) is 4.79 Å². The maximum absolute atomic E-state index is 11.4. The van der Waals surface area contributed by atoms with Gasteiger partial charge < -0.3 is 14.8 Å². The first-order valence-electron chi connectivity index (χ1n) is 5.83. The van der Waals surface area contributed by atoms with Crippen molar-refractivity contribution < 1.29 is 14.3 Å². The fraction of sp³-hybridized carbons (Fsp3) is 0.133. The van der Waals surface area contributed by atoms with E-state index in [2.05, 4.69) is 11.9 Å². The summed E-state index contributed by atoms with van der Waals surface area (Å²) in [5, 5.41) is 4.69. The van der Waals surface area contributed by atoms with E-state index in [1.807, 2.05) is 24.3 Å². The van der Waals surface area contributed by atoms with Crippen LogP contribution in [0.25, 0.3) is 10.8 Å². The van der Waals surface area contributed by atoms with Crippen LogP contribution < -0.4 is 14.8 Å². The normalized spacial score (nSPS) is 10.0. The van der Waals surface area contributed by atoms with Gasteiger partial charge in [0.25, 0.3) is 0 Å². The lowest BCUT2D eigenvalue weighted by atomic mass is 10.1. The van der Waals surface area contributed by atoms with Gasteiger partial charge in [-0.3, -0.25) is 0 Å². The summed E-state index contributed by atoms with van der Waals surface area (Å²) in [6.45, 7) is 3.41. The molecule has 0 heterocycles. The van der Waals surface area contributed by atoms with E-state index in [4.69, 9.17) is 9.47 Å². The van der Waals surface area contributed by atoms with Gasteiger partial charge in [-0.1, -0.05) is 30.8 Å². The summed E-state index contributed by atoms with van der Waals surface area (Å²) in [6, 6.07) is 9.38. The van der Waals surface area contributed by atoms with Crippen LogP contribution in [0, 0.1) is 0 Å². The number of fused-ring (bicyclic) bond motifs is 1. The van der Waals surface area contributed by atoms with E-state index in [1.165, 1.54) is 0 Å². The van der Waals surface area contributed by atoms with Crippen molar-refractivity contribution in [3.8, 4) is 11.5 Å². The van der Waals surface area contributed by atoms with Crippen LogP contribution in [0.1, 0.15) is 0 Å². The number of ether oxygens (including phenoxy) is 2. The number of methoxy groups -OCH3 is 1. The number of hydrogen-bond acceptors (Lipinski definition) is 4. The number of carbonyl (C=O) groups excluding carboxylic acids is 1. The minimum Gasteiger partial charge on any atom is -0.496 e. The molecule has 0 amide bonds. The molecule has 0 saturated heterocycles. The predicted molar refractivity (Wildman–Crippen MR) is 75.9 cm³/mol. The van der Waals surface area contributed by atoms with Gasteiger partial charge >= 0.3 is 5.97 Å². The Morgan fingerprint density at radius 1 is 1.32 bits per heavy atom. The largest absolute Gasteiger partial charge is 0.496 e. The van der Waals surface area contributed by atoms with Crippen LogP contribution in [0.3, 0.4) is 0 Å². The van der Waals surface area contributed by atoms with E-state index in [-0.39, 0.29) is 0 Å². The summed E-state index contributed by atoms with van der Waals surface area (Å²) in [5.74, 6) is 0.703. The van der Waals surface area contributed by atoms with Crippen molar-refractivity contribution in [2.24, 2.45) is 0 Å². The van der Waals surface area contributed by atoms with Gasteiger partial charge in [0.05, 0.1) is 12.8 Å². The molecule has 98 valence electrons. The van der Waals surface area contributed by atoms with Crippen molar-refractivity contribution in [2.75, 3.05) is 19.5 Å². The van der Waals surface area contributed by atoms with Crippen molar-refractivity contribution in [2.45, 2.75) is 0 Å². The second-order valence-electron chi connectivity index (χ2n) is 3.88. The number of benzene rings is 2. The minimum absolute atomic E-state index is 0.476. The summed E-state index contributed by atoms with van der Waals surface area (Å²) in [7, 11) is 3.37. The zero-order valence-corrected chi connectivity index (χ0v) is 10.9. The average Bonchev–Trinajstić information content (AvgIpc) is 2.47. The maximum Gasteiger partial charge on any atom is 0.335 e. The molecular formula is C15H15NO3. The molecule has 4 nitrogen and oxygen atoms in total. The molecule has 2 aromatic rings. The number of anilines is 1. The summed E-state index contributed by atoms with van der Waals surface area (Å²) in [6.07, 6.45) is 1.14. The fourth-order valence-electron chi connectivity index (χ4n) is 1.92. The highest BCUT2D eigenvalue weighted by Gasteiger charge is 2.14. The van der Waals surface area contributed by atoms with Crippen LogP contribution in [0.2, 0.25) is 0 Å². The molecule has 19 heavy (non-hydrogen) atoms. The second kappa shape index (κ2) is 5.44. The predicted octanol–water partition coefficient (Wildman–Crippen LogP) is 2.98. The fourth-order valence-corrected chi connectivity index (χ4v) is 1.92. The molecule has 0 aromatic heterocycles. The van der Waals surface area contributed by atoms with Crippen molar-refractivity contribution >= 4 is 22.4 Å². The van der Waals surface area contributed by atoms with Crippen LogP contribution in [0.4, 0.5) is 5.69 Å². The van der Waals surface area contributed by atoms with Crippen LogP contribution in [-0.4, -0.2) is 20.1 Å². The monoisotopic (exact) mass is 257 g/mol. The van der Waals surface area contributed by atoms with Crippen molar-refractivity contribution in [3.63, 3.8) is 0 Å². The molecule has 0 saturated carbocycles. The Labute approximate surface area is 111 Å². The minimum atomic E-state index is -0.494.